The Labute approximate surface area is 134 Å². The summed E-state index contributed by atoms with van der Waals surface area (Å²) >= 11 is 0. The van der Waals surface area contributed by atoms with Gasteiger partial charge >= 0.3 is 11.9 Å². The zero-order chi connectivity index (χ0) is 16.9. The lowest BCUT2D eigenvalue weighted by molar-refractivity contribution is 0.0294. The third-order valence-electron chi connectivity index (χ3n) is 2.88. The van der Waals surface area contributed by atoms with Crippen LogP contribution in [0.4, 0.5) is 0 Å². The maximum atomic E-state index is 12.3. The Hall–Kier alpha value is -1.62. The minimum absolute atomic E-state index is 0.187. The normalized spacial score (nSPS) is 12.9. The zero-order valence-corrected chi connectivity index (χ0v) is 15.3. The molecule has 0 heterocycles. The van der Waals surface area contributed by atoms with E-state index in [0.717, 1.165) is 6.42 Å². The summed E-state index contributed by atoms with van der Waals surface area (Å²) in [6, 6.07) is 6.64. The topological polar surface area (TPSA) is 52.6 Å². The predicted molar refractivity (Wildman–Crippen MR) is 89.5 cm³/mol. The molecule has 0 N–H and O–H groups in total. The second-order valence-electron chi connectivity index (χ2n) is 6.89. The lowest BCUT2D eigenvalue weighted by atomic mass is 10.1. The van der Waals surface area contributed by atoms with Gasteiger partial charge < -0.3 is 9.16 Å². The molecule has 0 radical (unpaired) electrons. The van der Waals surface area contributed by atoms with E-state index in [1.54, 1.807) is 24.3 Å². The third-order valence-corrected chi connectivity index (χ3v) is 3.68. The molecule has 4 nitrogen and oxygen atoms in total. The van der Waals surface area contributed by atoms with E-state index in [9.17, 15) is 9.59 Å². The van der Waals surface area contributed by atoms with Crippen LogP contribution in [0.3, 0.4) is 0 Å². The van der Waals surface area contributed by atoms with Crippen LogP contribution in [0.2, 0.25) is 19.6 Å². The number of rotatable bonds is 6. The largest absolute Gasteiger partial charge is 0.516 e. The standard InChI is InChI=1S/C17H26O4Si/c1-12(2)11-13(3)20-16(18)14-9-7-8-10-15(14)17(19)21-22(4,5)6/h7-10,12-13H,11H2,1-6H3. The molecule has 1 atom stereocenters. The summed E-state index contributed by atoms with van der Waals surface area (Å²) in [6.07, 6.45) is 0.598. The van der Waals surface area contributed by atoms with Gasteiger partial charge in [0.1, 0.15) is 0 Å². The fourth-order valence-corrected chi connectivity index (χ4v) is 2.80. The van der Waals surface area contributed by atoms with Crippen LogP contribution in [0.25, 0.3) is 0 Å². The van der Waals surface area contributed by atoms with Crippen molar-refractivity contribution >= 4 is 20.3 Å². The molecule has 22 heavy (non-hydrogen) atoms. The molecule has 0 aliphatic carbocycles. The highest BCUT2D eigenvalue weighted by Crippen LogP contribution is 2.17. The number of benzene rings is 1. The molecule has 0 saturated heterocycles. The Balaban J connectivity index is 2.91. The minimum atomic E-state index is -2.02. The van der Waals surface area contributed by atoms with Crippen LogP contribution in [0.5, 0.6) is 0 Å². The molecular formula is C17H26O4Si. The Kier molecular flexibility index (Phi) is 6.35. The Morgan fingerprint density at radius 2 is 1.50 bits per heavy atom. The molecule has 1 unspecified atom stereocenters. The van der Waals surface area contributed by atoms with Gasteiger partial charge in [-0.2, -0.15) is 0 Å². The van der Waals surface area contributed by atoms with Crippen LogP contribution in [-0.2, 0) is 9.16 Å². The highest BCUT2D eigenvalue weighted by atomic mass is 28.4. The number of hydrogen-bond donors (Lipinski definition) is 0. The van der Waals surface area contributed by atoms with Crippen LogP contribution in [0.15, 0.2) is 24.3 Å². The van der Waals surface area contributed by atoms with Crippen molar-refractivity contribution in [1.82, 2.24) is 0 Å². The molecule has 1 rings (SSSR count). The van der Waals surface area contributed by atoms with Crippen LogP contribution in [-0.4, -0.2) is 26.4 Å². The number of hydrogen-bond acceptors (Lipinski definition) is 4. The lowest BCUT2D eigenvalue weighted by Crippen LogP contribution is -2.30. The van der Waals surface area contributed by atoms with Gasteiger partial charge in [0.05, 0.1) is 17.2 Å². The first-order valence-corrected chi connectivity index (χ1v) is 11.0. The van der Waals surface area contributed by atoms with Gasteiger partial charge in [-0.05, 0) is 51.0 Å². The average Bonchev–Trinajstić information content (AvgIpc) is 2.35. The Bertz CT molecular complexity index is 532. The quantitative estimate of drug-likeness (QED) is 0.580. The van der Waals surface area contributed by atoms with E-state index in [2.05, 4.69) is 13.8 Å². The van der Waals surface area contributed by atoms with Crippen LogP contribution in [0.1, 0.15) is 47.9 Å². The van der Waals surface area contributed by atoms with Gasteiger partial charge in [-0.15, -0.1) is 0 Å². The van der Waals surface area contributed by atoms with E-state index in [1.165, 1.54) is 0 Å². The van der Waals surface area contributed by atoms with Gasteiger partial charge in [-0.3, -0.25) is 0 Å². The van der Waals surface area contributed by atoms with Gasteiger partial charge in [0.15, 0.2) is 0 Å². The zero-order valence-electron chi connectivity index (χ0n) is 14.3. The molecule has 0 fully saturated rings. The van der Waals surface area contributed by atoms with Gasteiger partial charge in [0.25, 0.3) is 0 Å². The van der Waals surface area contributed by atoms with E-state index in [-0.39, 0.29) is 17.2 Å². The Morgan fingerprint density at radius 1 is 1.00 bits per heavy atom. The van der Waals surface area contributed by atoms with Gasteiger partial charge in [-0.25, -0.2) is 9.59 Å². The summed E-state index contributed by atoms with van der Waals surface area (Å²) in [5, 5.41) is 0. The molecule has 1 aromatic carbocycles. The second-order valence-corrected chi connectivity index (χ2v) is 11.3. The van der Waals surface area contributed by atoms with E-state index in [0.29, 0.717) is 5.92 Å². The summed E-state index contributed by atoms with van der Waals surface area (Å²) in [6.45, 7) is 11.8. The summed E-state index contributed by atoms with van der Waals surface area (Å²) in [7, 11) is -2.02. The summed E-state index contributed by atoms with van der Waals surface area (Å²) in [5.74, 6) is -0.491. The van der Waals surface area contributed by atoms with Crippen molar-refractivity contribution in [1.29, 1.82) is 0 Å². The molecule has 1 aromatic rings. The first kappa shape index (κ1) is 18.4. The highest BCUT2D eigenvalue weighted by molar-refractivity contribution is 6.71. The van der Waals surface area contributed by atoms with Crippen molar-refractivity contribution in [2.24, 2.45) is 5.92 Å². The molecule has 0 aromatic heterocycles. The van der Waals surface area contributed by atoms with E-state index >= 15 is 0 Å². The second kappa shape index (κ2) is 7.58. The van der Waals surface area contributed by atoms with Crippen molar-refractivity contribution in [2.75, 3.05) is 0 Å². The van der Waals surface area contributed by atoms with Crippen molar-refractivity contribution in [3.8, 4) is 0 Å². The van der Waals surface area contributed by atoms with Crippen molar-refractivity contribution in [3.05, 3.63) is 35.4 Å². The number of carbonyl (C=O) groups excluding carboxylic acids is 2. The van der Waals surface area contributed by atoms with Crippen molar-refractivity contribution < 1.29 is 18.8 Å². The first-order chi connectivity index (χ1) is 10.1. The van der Waals surface area contributed by atoms with Crippen LogP contribution < -0.4 is 0 Å². The maximum Gasteiger partial charge on any atom is 0.339 e. The molecule has 0 aliphatic rings. The van der Waals surface area contributed by atoms with Crippen LogP contribution >= 0.6 is 0 Å². The monoisotopic (exact) mass is 322 g/mol. The van der Waals surface area contributed by atoms with E-state index < -0.39 is 20.3 Å². The van der Waals surface area contributed by atoms with Gasteiger partial charge in [0, 0.05) is 0 Å². The maximum absolute atomic E-state index is 12.3. The fourth-order valence-electron chi connectivity index (χ4n) is 2.13. The number of carbonyl (C=O) groups is 2. The highest BCUT2D eigenvalue weighted by Gasteiger charge is 2.25. The van der Waals surface area contributed by atoms with Crippen molar-refractivity contribution in [3.63, 3.8) is 0 Å². The minimum Gasteiger partial charge on any atom is -0.516 e. The predicted octanol–water partition coefficient (Wildman–Crippen LogP) is 4.27. The van der Waals surface area contributed by atoms with Gasteiger partial charge in [-0.1, -0.05) is 26.0 Å². The number of ether oxygens (including phenoxy) is 1. The molecule has 0 spiro atoms. The van der Waals surface area contributed by atoms with E-state index in [4.69, 9.17) is 9.16 Å². The molecular weight excluding hydrogens is 296 g/mol. The molecule has 0 bridgehead atoms. The Morgan fingerprint density at radius 3 is 1.95 bits per heavy atom. The first-order valence-electron chi connectivity index (χ1n) is 7.63. The number of esters is 1. The lowest BCUT2D eigenvalue weighted by Gasteiger charge is -2.19. The van der Waals surface area contributed by atoms with Gasteiger partial charge in [0.2, 0.25) is 8.32 Å². The fraction of sp³-hybridized carbons (Fsp3) is 0.529. The van der Waals surface area contributed by atoms with Crippen molar-refractivity contribution in [2.45, 2.75) is 52.9 Å². The summed E-state index contributed by atoms with van der Waals surface area (Å²) in [4.78, 5) is 24.6. The molecule has 122 valence electrons. The molecule has 0 aliphatic heterocycles. The van der Waals surface area contributed by atoms with E-state index in [1.807, 2.05) is 26.6 Å². The smallest absolute Gasteiger partial charge is 0.339 e. The van der Waals surface area contributed by atoms with Crippen LogP contribution in [0, 0.1) is 5.92 Å². The average molecular weight is 322 g/mol. The molecule has 0 saturated carbocycles. The SMILES string of the molecule is CC(C)CC(C)OC(=O)c1ccccc1C(=O)O[Si](C)(C)C. The third kappa shape index (κ3) is 6.01. The summed E-state index contributed by atoms with van der Waals surface area (Å²) in [5.41, 5.74) is 0.535. The molecule has 5 heteroatoms. The molecule has 0 amide bonds. The summed E-state index contributed by atoms with van der Waals surface area (Å²) < 4.78 is 10.9.